The van der Waals surface area contributed by atoms with Crippen LogP contribution in [0.4, 0.5) is 11.4 Å². The lowest BCUT2D eigenvalue weighted by Gasteiger charge is -2.22. The van der Waals surface area contributed by atoms with E-state index in [1.807, 2.05) is 32.6 Å². The molecule has 1 aliphatic heterocycles. The maximum absolute atomic E-state index is 12.7. The van der Waals surface area contributed by atoms with E-state index >= 15 is 0 Å². The van der Waals surface area contributed by atoms with Crippen LogP contribution in [0.5, 0.6) is 5.75 Å². The molecule has 1 aliphatic carbocycles. The molecule has 1 unspecified atom stereocenters. The average Bonchev–Trinajstić information content (AvgIpc) is 3.34. The number of nitrogen functional groups attached to an aromatic ring is 2. The quantitative estimate of drug-likeness (QED) is 0.561. The topological polar surface area (TPSA) is 81.6 Å². The molecule has 3 rings (SSSR count). The van der Waals surface area contributed by atoms with Crippen LogP contribution in [0.2, 0.25) is 0 Å². The Balaban J connectivity index is 0.00000106. The fourth-order valence-electron chi connectivity index (χ4n) is 3.50. The number of allylic oxidation sites excluding steroid dienone is 3. The van der Waals surface area contributed by atoms with E-state index in [1.54, 1.807) is 12.1 Å². The van der Waals surface area contributed by atoms with Gasteiger partial charge in [-0.05, 0) is 49.8 Å². The van der Waals surface area contributed by atoms with Gasteiger partial charge in [0.1, 0.15) is 11.9 Å². The van der Waals surface area contributed by atoms with Crippen LogP contribution in [0.3, 0.4) is 0 Å². The Morgan fingerprint density at radius 1 is 1.10 bits per heavy atom. The molecule has 0 aromatic heterocycles. The molecule has 0 radical (unpaired) electrons. The normalized spacial score (nSPS) is 15.9. The number of benzene rings is 1. The highest BCUT2D eigenvalue weighted by Crippen LogP contribution is 2.32. The summed E-state index contributed by atoms with van der Waals surface area (Å²) in [6.45, 7) is 11.7. The van der Waals surface area contributed by atoms with Gasteiger partial charge >= 0.3 is 0 Å². The fourth-order valence-corrected chi connectivity index (χ4v) is 3.50. The molecule has 1 saturated heterocycles. The number of carbonyl (C=O) groups excluding carboxylic acids is 1. The van der Waals surface area contributed by atoms with Gasteiger partial charge in [0.25, 0.3) is 5.91 Å². The lowest BCUT2D eigenvalue weighted by molar-refractivity contribution is 0.0792. The number of nitrogens with two attached hydrogens (primary N) is 2. The van der Waals surface area contributed by atoms with E-state index in [1.165, 1.54) is 5.57 Å². The number of amides is 1. The summed E-state index contributed by atoms with van der Waals surface area (Å²) in [5.41, 5.74) is 14.9. The molecule has 5 heteroatoms. The minimum Gasteiger partial charge on any atom is -0.488 e. The van der Waals surface area contributed by atoms with Gasteiger partial charge in [-0.3, -0.25) is 4.79 Å². The van der Waals surface area contributed by atoms with Crippen LogP contribution in [0, 0.1) is 0 Å². The smallest absolute Gasteiger partial charge is 0.254 e. The van der Waals surface area contributed by atoms with Crippen molar-refractivity contribution >= 4 is 17.3 Å². The molecule has 1 heterocycles. The van der Waals surface area contributed by atoms with Gasteiger partial charge in [0.15, 0.2) is 0 Å². The second kappa shape index (κ2) is 13.7. The Bertz CT molecular complexity index is 719. The molecule has 1 fully saturated rings. The van der Waals surface area contributed by atoms with Gasteiger partial charge in [0.2, 0.25) is 0 Å². The summed E-state index contributed by atoms with van der Waals surface area (Å²) in [5.74, 6) is 0.518. The first-order chi connectivity index (χ1) is 14.6. The molecular formula is C25H41N3O2. The molecule has 4 N–H and O–H groups in total. The zero-order valence-electron chi connectivity index (χ0n) is 19.5. The number of anilines is 2. The van der Waals surface area contributed by atoms with Crippen LogP contribution in [0.25, 0.3) is 0 Å². The number of carbonyl (C=O) groups is 1. The molecule has 0 saturated carbocycles. The maximum Gasteiger partial charge on any atom is 0.254 e. The SMILES string of the molecule is CC.CC.CCC(CC1=CCCC=C1)Oc1cc(C(=O)N2CCCC2)cc(N)c1N. The number of likely N-dealkylation sites (tertiary alicyclic amines) is 1. The summed E-state index contributed by atoms with van der Waals surface area (Å²) in [7, 11) is 0. The molecule has 1 aromatic carbocycles. The van der Waals surface area contributed by atoms with Gasteiger partial charge in [-0.2, -0.15) is 0 Å². The number of hydrogen-bond acceptors (Lipinski definition) is 4. The standard InChI is InChI=1S/C21H29N3O2.2C2H6/c1-2-17(12-15-8-4-3-5-9-15)26-19-14-16(13-18(22)20(19)23)21(25)24-10-6-7-11-24;2*1-2/h4,8-9,13-14,17H,2-3,5-7,10-12,22-23H2,1H3;2*1-2H3. The second-order valence-electron chi connectivity index (χ2n) is 7.09. The second-order valence-corrected chi connectivity index (χ2v) is 7.09. The minimum absolute atomic E-state index is 0.00263. The third kappa shape index (κ3) is 7.12. The highest BCUT2D eigenvalue weighted by Gasteiger charge is 2.22. The molecular weight excluding hydrogens is 374 g/mol. The van der Waals surface area contributed by atoms with Crippen molar-refractivity contribution in [1.29, 1.82) is 0 Å². The van der Waals surface area contributed by atoms with E-state index < -0.39 is 0 Å². The van der Waals surface area contributed by atoms with Gasteiger partial charge in [0, 0.05) is 25.1 Å². The fraction of sp³-hybridized carbons (Fsp3) is 0.560. The van der Waals surface area contributed by atoms with E-state index in [0.29, 0.717) is 22.7 Å². The largest absolute Gasteiger partial charge is 0.488 e. The third-order valence-corrected chi connectivity index (χ3v) is 5.10. The Morgan fingerprint density at radius 2 is 1.77 bits per heavy atom. The van der Waals surface area contributed by atoms with E-state index in [4.69, 9.17) is 16.2 Å². The van der Waals surface area contributed by atoms with E-state index in [9.17, 15) is 4.79 Å². The van der Waals surface area contributed by atoms with Crippen molar-refractivity contribution in [3.63, 3.8) is 0 Å². The molecule has 168 valence electrons. The lowest BCUT2D eigenvalue weighted by atomic mass is 10.00. The Morgan fingerprint density at radius 3 is 2.33 bits per heavy atom. The first-order valence-electron chi connectivity index (χ1n) is 11.6. The van der Waals surface area contributed by atoms with Crippen LogP contribution in [-0.2, 0) is 0 Å². The zero-order chi connectivity index (χ0) is 22.5. The minimum atomic E-state index is 0.00263. The number of nitrogens with zero attached hydrogens (tertiary/aromatic N) is 1. The number of hydrogen-bond donors (Lipinski definition) is 2. The van der Waals surface area contributed by atoms with Crippen molar-refractivity contribution in [3.05, 3.63) is 41.5 Å². The summed E-state index contributed by atoms with van der Waals surface area (Å²) < 4.78 is 6.18. The van der Waals surface area contributed by atoms with Gasteiger partial charge in [-0.1, -0.05) is 52.8 Å². The molecule has 0 bridgehead atoms. The molecule has 5 nitrogen and oxygen atoms in total. The summed E-state index contributed by atoms with van der Waals surface area (Å²) in [6.07, 6.45) is 12.6. The van der Waals surface area contributed by atoms with Crippen LogP contribution < -0.4 is 16.2 Å². The van der Waals surface area contributed by atoms with Crippen molar-refractivity contribution in [2.75, 3.05) is 24.6 Å². The van der Waals surface area contributed by atoms with Crippen molar-refractivity contribution in [3.8, 4) is 5.75 Å². The molecule has 1 amide bonds. The number of ether oxygens (including phenoxy) is 1. The van der Waals surface area contributed by atoms with E-state index in [-0.39, 0.29) is 12.0 Å². The van der Waals surface area contributed by atoms with Crippen molar-refractivity contribution in [2.24, 2.45) is 0 Å². The monoisotopic (exact) mass is 415 g/mol. The lowest BCUT2D eigenvalue weighted by Crippen LogP contribution is -2.28. The predicted molar refractivity (Wildman–Crippen MR) is 129 cm³/mol. The Labute approximate surface area is 183 Å². The molecule has 1 atom stereocenters. The number of rotatable bonds is 6. The zero-order valence-corrected chi connectivity index (χ0v) is 19.5. The average molecular weight is 416 g/mol. The Kier molecular flexibility index (Phi) is 11.7. The Hall–Kier alpha value is -2.43. The highest BCUT2D eigenvalue weighted by molar-refractivity contribution is 5.97. The molecule has 2 aliphatic rings. The third-order valence-electron chi connectivity index (χ3n) is 5.10. The molecule has 0 spiro atoms. The summed E-state index contributed by atoms with van der Waals surface area (Å²) in [6, 6.07) is 3.41. The first-order valence-corrected chi connectivity index (χ1v) is 11.6. The van der Waals surface area contributed by atoms with E-state index in [0.717, 1.165) is 51.6 Å². The van der Waals surface area contributed by atoms with Crippen LogP contribution in [0.15, 0.2) is 35.9 Å². The first kappa shape index (κ1) is 25.6. The maximum atomic E-state index is 12.7. The van der Waals surface area contributed by atoms with Gasteiger partial charge in [-0.25, -0.2) is 0 Å². The molecule has 30 heavy (non-hydrogen) atoms. The predicted octanol–water partition coefficient (Wildman–Crippen LogP) is 5.96. The van der Waals surface area contributed by atoms with Crippen molar-refractivity contribution in [2.45, 2.75) is 79.2 Å². The summed E-state index contributed by atoms with van der Waals surface area (Å²) in [4.78, 5) is 14.6. The van der Waals surface area contributed by atoms with Crippen LogP contribution >= 0.6 is 0 Å². The van der Waals surface area contributed by atoms with Gasteiger partial charge in [-0.15, -0.1) is 0 Å². The van der Waals surface area contributed by atoms with Crippen LogP contribution in [0.1, 0.15) is 83.5 Å². The van der Waals surface area contributed by atoms with Gasteiger partial charge < -0.3 is 21.1 Å². The van der Waals surface area contributed by atoms with E-state index in [2.05, 4.69) is 25.2 Å². The van der Waals surface area contributed by atoms with Crippen LogP contribution in [-0.4, -0.2) is 30.0 Å². The van der Waals surface area contributed by atoms with Crippen molar-refractivity contribution < 1.29 is 9.53 Å². The summed E-state index contributed by atoms with van der Waals surface area (Å²) in [5, 5.41) is 0. The van der Waals surface area contributed by atoms with Crippen molar-refractivity contribution in [1.82, 2.24) is 4.90 Å². The molecule has 1 aromatic rings. The van der Waals surface area contributed by atoms with Gasteiger partial charge in [0.05, 0.1) is 11.4 Å². The summed E-state index contributed by atoms with van der Waals surface area (Å²) >= 11 is 0. The highest BCUT2D eigenvalue weighted by atomic mass is 16.5.